The fourth-order valence-electron chi connectivity index (χ4n) is 1.77. The number of rotatable bonds is 4. The third kappa shape index (κ3) is 2.81. The van der Waals surface area contributed by atoms with Crippen molar-refractivity contribution < 1.29 is 19.4 Å². The molecular weight excluding hydrogens is 254 g/mol. The molecule has 4 N–H and O–H groups in total. The van der Waals surface area contributed by atoms with Crippen LogP contribution in [0.15, 0.2) is 6.33 Å². The minimum Gasteiger partial charge on any atom is -0.481 e. The van der Waals surface area contributed by atoms with Crippen molar-refractivity contribution in [3.8, 4) is 0 Å². The van der Waals surface area contributed by atoms with Crippen molar-refractivity contribution in [1.82, 2.24) is 25.8 Å². The number of ether oxygens (including phenoxy) is 1. The maximum Gasteiger partial charge on any atom is 0.315 e. The summed E-state index contributed by atoms with van der Waals surface area (Å²) in [5, 5.41) is 20.6. The predicted molar refractivity (Wildman–Crippen MR) is 62.1 cm³/mol. The summed E-state index contributed by atoms with van der Waals surface area (Å²) in [6, 6.07) is -1.04. The molecule has 2 heterocycles. The second-order valence-electron chi connectivity index (χ2n) is 4.55. The van der Waals surface area contributed by atoms with Crippen molar-refractivity contribution in [3.63, 3.8) is 0 Å². The van der Waals surface area contributed by atoms with E-state index in [1.54, 1.807) is 6.92 Å². The number of carboxylic acid groups (broad SMARTS) is 1. The number of H-pyrrole nitrogens is 1. The maximum absolute atomic E-state index is 11.7. The van der Waals surface area contributed by atoms with E-state index in [1.807, 2.05) is 0 Å². The molecule has 1 saturated heterocycles. The second kappa shape index (κ2) is 5.22. The van der Waals surface area contributed by atoms with Crippen LogP contribution < -0.4 is 10.6 Å². The molecule has 9 nitrogen and oxygen atoms in total. The zero-order chi connectivity index (χ0) is 13.9. The Kier molecular flexibility index (Phi) is 3.65. The number of aliphatic carboxylic acids is 1. The minimum atomic E-state index is -1.11. The summed E-state index contributed by atoms with van der Waals surface area (Å²) in [6.07, 6.45) is 1.33. The van der Waals surface area contributed by atoms with E-state index in [9.17, 15) is 9.59 Å². The van der Waals surface area contributed by atoms with Crippen molar-refractivity contribution in [2.45, 2.75) is 19.5 Å². The van der Waals surface area contributed by atoms with Crippen LogP contribution in [0.2, 0.25) is 0 Å². The number of amides is 2. The van der Waals surface area contributed by atoms with Gasteiger partial charge in [-0.15, -0.1) is 0 Å². The normalized spacial score (nSPS) is 26.1. The van der Waals surface area contributed by atoms with Crippen LogP contribution in [-0.2, 0) is 16.1 Å². The van der Waals surface area contributed by atoms with Gasteiger partial charge in [-0.1, -0.05) is 0 Å². The highest BCUT2D eigenvalue weighted by atomic mass is 16.5. The monoisotopic (exact) mass is 269 g/mol. The fourth-order valence-corrected chi connectivity index (χ4v) is 1.77. The molecule has 2 amide bonds. The Morgan fingerprint density at radius 2 is 2.47 bits per heavy atom. The van der Waals surface area contributed by atoms with Gasteiger partial charge in [0.25, 0.3) is 0 Å². The molecule has 1 aromatic heterocycles. The van der Waals surface area contributed by atoms with Crippen molar-refractivity contribution in [3.05, 3.63) is 12.2 Å². The van der Waals surface area contributed by atoms with Crippen molar-refractivity contribution in [2.75, 3.05) is 13.2 Å². The molecule has 0 aliphatic carbocycles. The number of aromatic amines is 1. The van der Waals surface area contributed by atoms with Gasteiger partial charge in [-0.3, -0.25) is 9.89 Å². The Balaban J connectivity index is 1.86. The van der Waals surface area contributed by atoms with Gasteiger partial charge in [0.05, 0.1) is 25.8 Å². The average molecular weight is 269 g/mol. The molecule has 1 aromatic rings. The van der Waals surface area contributed by atoms with E-state index in [2.05, 4.69) is 25.8 Å². The maximum atomic E-state index is 11.7. The number of aromatic nitrogens is 3. The summed E-state index contributed by atoms with van der Waals surface area (Å²) >= 11 is 0. The summed E-state index contributed by atoms with van der Waals surface area (Å²) in [4.78, 5) is 26.7. The standard InChI is InChI=1S/C10H15N5O4/c1-10(8(16)17)4-19-3-6(10)14-9(18)11-2-7-12-5-13-15-7/h5-6H,2-4H2,1H3,(H,16,17)(H2,11,14,18)(H,12,13,15). The van der Waals surface area contributed by atoms with E-state index in [0.717, 1.165) is 0 Å². The molecule has 1 fully saturated rings. The number of urea groups is 1. The number of carbonyl (C=O) groups is 2. The number of nitrogens with zero attached hydrogens (tertiary/aromatic N) is 2. The van der Waals surface area contributed by atoms with Gasteiger partial charge in [0, 0.05) is 0 Å². The lowest BCUT2D eigenvalue weighted by atomic mass is 9.85. The van der Waals surface area contributed by atoms with Crippen LogP contribution in [0, 0.1) is 5.41 Å². The van der Waals surface area contributed by atoms with E-state index in [4.69, 9.17) is 9.84 Å². The average Bonchev–Trinajstić information content (AvgIpc) is 2.98. The zero-order valence-corrected chi connectivity index (χ0v) is 10.3. The van der Waals surface area contributed by atoms with Crippen molar-refractivity contribution >= 4 is 12.0 Å². The predicted octanol–water partition coefficient (Wildman–Crippen LogP) is -0.906. The highest BCUT2D eigenvalue weighted by molar-refractivity contribution is 5.79. The Morgan fingerprint density at radius 3 is 3.11 bits per heavy atom. The van der Waals surface area contributed by atoms with Gasteiger partial charge < -0.3 is 20.5 Å². The Bertz CT molecular complexity index is 462. The molecule has 9 heteroatoms. The lowest BCUT2D eigenvalue weighted by Crippen LogP contribution is -2.52. The number of hydrogen-bond donors (Lipinski definition) is 4. The van der Waals surface area contributed by atoms with E-state index >= 15 is 0 Å². The fraction of sp³-hybridized carbons (Fsp3) is 0.600. The summed E-state index contributed by atoms with van der Waals surface area (Å²) in [5.74, 6) is -0.482. The molecule has 0 bridgehead atoms. The Morgan fingerprint density at radius 1 is 1.68 bits per heavy atom. The van der Waals surface area contributed by atoms with E-state index in [1.165, 1.54) is 6.33 Å². The number of carboxylic acids is 1. The summed E-state index contributed by atoms with van der Waals surface area (Å²) in [6.45, 7) is 1.99. The topological polar surface area (TPSA) is 129 Å². The van der Waals surface area contributed by atoms with Gasteiger partial charge in [0.2, 0.25) is 0 Å². The lowest BCUT2D eigenvalue weighted by Gasteiger charge is -2.25. The van der Waals surface area contributed by atoms with Crippen molar-refractivity contribution in [1.29, 1.82) is 0 Å². The molecule has 2 unspecified atom stereocenters. The van der Waals surface area contributed by atoms with Crippen LogP contribution in [0.25, 0.3) is 0 Å². The Hall–Kier alpha value is -2.16. The molecule has 2 atom stereocenters. The quantitative estimate of drug-likeness (QED) is 0.560. The first-order chi connectivity index (χ1) is 9.02. The largest absolute Gasteiger partial charge is 0.481 e. The molecule has 1 aliphatic rings. The van der Waals surface area contributed by atoms with Gasteiger partial charge in [-0.25, -0.2) is 9.78 Å². The highest BCUT2D eigenvalue weighted by Crippen LogP contribution is 2.28. The smallest absolute Gasteiger partial charge is 0.315 e. The first-order valence-corrected chi connectivity index (χ1v) is 5.72. The SMILES string of the molecule is CC1(C(=O)O)COCC1NC(=O)NCc1ncn[nH]1. The van der Waals surface area contributed by atoms with E-state index in [-0.39, 0.29) is 19.8 Å². The molecule has 0 spiro atoms. The molecule has 0 saturated carbocycles. The third-order valence-corrected chi connectivity index (χ3v) is 3.13. The van der Waals surface area contributed by atoms with Gasteiger partial charge in [-0.2, -0.15) is 5.10 Å². The van der Waals surface area contributed by atoms with Crippen LogP contribution in [0.3, 0.4) is 0 Å². The van der Waals surface area contributed by atoms with E-state index < -0.39 is 23.5 Å². The van der Waals surface area contributed by atoms with Crippen LogP contribution in [0.4, 0.5) is 4.79 Å². The summed E-state index contributed by atoms with van der Waals surface area (Å²) in [7, 11) is 0. The second-order valence-corrected chi connectivity index (χ2v) is 4.55. The molecular formula is C10H15N5O4. The minimum absolute atomic E-state index is 0.0788. The van der Waals surface area contributed by atoms with Crippen LogP contribution in [0.1, 0.15) is 12.7 Å². The van der Waals surface area contributed by atoms with Gasteiger partial charge >= 0.3 is 12.0 Å². The van der Waals surface area contributed by atoms with Crippen molar-refractivity contribution in [2.24, 2.45) is 5.41 Å². The first kappa shape index (κ1) is 13.3. The van der Waals surface area contributed by atoms with Gasteiger partial charge in [0.15, 0.2) is 0 Å². The molecule has 2 rings (SSSR count). The molecule has 104 valence electrons. The number of carbonyl (C=O) groups excluding carboxylic acids is 1. The third-order valence-electron chi connectivity index (χ3n) is 3.13. The van der Waals surface area contributed by atoms with Crippen LogP contribution in [-0.4, -0.2) is 51.5 Å². The lowest BCUT2D eigenvalue weighted by molar-refractivity contribution is -0.148. The van der Waals surface area contributed by atoms with Crippen LogP contribution >= 0.6 is 0 Å². The van der Waals surface area contributed by atoms with E-state index in [0.29, 0.717) is 5.82 Å². The summed E-state index contributed by atoms with van der Waals surface area (Å²) in [5.41, 5.74) is -1.11. The highest BCUT2D eigenvalue weighted by Gasteiger charge is 2.47. The first-order valence-electron chi connectivity index (χ1n) is 5.72. The summed E-state index contributed by atoms with van der Waals surface area (Å²) < 4.78 is 5.13. The molecule has 1 aliphatic heterocycles. The van der Waals surface area contributed by atoms with Gasteiger partial charge in [0.1, 0.15) is 17.6 Å². The van der Waals surface area contributed by atoms with Crippen LogP contribution in [0.5, 0.6) is 0 Å². The molecule has 19 heavy (non-hydrogen) atoms. The molecule has 0 radical (unpaired) electrons. The molecule has 0 aromatic carbocycles. The Labute approximate surface area is 108 Å². The van der Waals surface area contributed by atoms with Gasteiger partial charge in [-0.05, 0) is 6.92 Å². The zero-order valence-electron chi connectivity index (χ0n) is 10.3. The number of nitrogens with one attached hydrogen (secondary N) is 3. The number of hydrogen-bond acceptors (Lipinski definition) is 5.